The highest BCUT2D eigenvalue weighted by atomic mass is 32.2. The lowest BCUT2D eigenvalue weighted by Crippen LogP contribution is -2.28. The highest BCUT2D eigenvalue weighted by Crippen LogP contribution is 2.28. The van der Waals surface area contributed by atoms with Gasteiger partial charge in [-0.15, -0.1) is 0 Å². The molecule has 1 aliphatic heterocycles. The second-order valence-corrected chi connectivity index (χ2v) is 6.85. The maximum Gasteiger partial charge on any atom is 0.123 e. The minimum absolute atomic E-state index is 0.0786. The summed E-state index contributed by atoms with van der Waals surface area (Å²) in [7, 11) is -1.07. The van der Waals surface area contributed by atoms with Gasteiger partial charge >= 0.3 is 0 Å². The van der Waals surface area contributed by atoms with Crippen LogP contribution >= 0.6 is 0 Å². The minimum atomic E-state index is -1.07. The zero-order chi connectivity index (χ0) is 14.8. The first-order chi connectivity index (χ1) is 10.1. The summed E-state index contributed by atoms with van der Waals surface area (Å²) in [6.07, 6.45) is 1.46. The molecule has 2 aromatic rings. The summed E-state index contributed by atoms with van der Waals surface area (Å²) in [6.45, 7) is 2.01. The average molecular weight is 304 g/mol. The Morgan fingerprint density at radius 2 is 2.00 bits per heavy atom. The van der Waals surface area contributed by atoms with E-state index in [4.69, 9.17) is 4.74 Å². The summed E-state index contributed by atoms with van der Waals surface area (Å²) in [4.78, 5) is 0.828. The predicted octanol–water partition coefficient (Wildman–Crippen LogP) is 3.64. The molecule has 2 nitrogen and oxygen atoms in total. The molecule has 0 spiro atoms. The van der Waals surface area contributed by atoms with Crippen molar-refractivity contribution in [3.05, 3.63) is 59.4 Å². The maximum absolute atomic E-state index is 13.2. The van der Waals surface area contributed by atoms with E-state index in [1.165, 1.54) is 12.1 Å². The molecule has 0 saturated carbocycles. The van der Waals surface area contributed by atoms with Gasteiger partial charge in [0.25, 0.3) is 0 Å². The van der Waals surface area contributed by atoms with Crippen LogP contribution in [0.25, 0.3) is 0 Å². The van der Waals surface area contributed by atoms with Crippen molar-refractivity contribution >= 4 is 10.8 Å². The smallest absolute Gasteiger partial charge is 0.123 e. The van der Waals surface area contributed by atoms with E-state index in [9.17, 15) is 8.60 Å². The lowest BCUT2D eigenvalue weighted by atomic mass is 10.0. The lowest BCUT2D eigenvalue weighted by Gasteiger charge is -2.25. The van der Waals surface area contributed by atoms with E-state index in [1.807, 2.05) is 31.2 Å². The number of halogens is 1. The molecule has 0 fully saturated rings. The van der Waals surface area contributed by atoms with Gasteiger partial charge in [-0.2, -0.15) is 0 Å². The van der Waals surface area contributed by atoms with Crippen molar-refractivity contribution in [2.24, 2.45) is 0 Å². The van der Waals surface area contributed by atoms with Crippen molar-refractivity contribution in [2.75, 3.05) is 5.75 Å². The fraction of sp³-hybridized carbons (Fsp3) is 0.294. The fourth-order valence-corrected chi connectivity index (χ4v) is 3.69. The van der Waals surface area contributed by atoms with Gasteiger partial charge in [-0.3, -0.25) is 4.21 Å². The first-order valence-corrected chi connectivity index (χ1v) is 8.34. The third-order valence-corrected chi connectivity index (χ3v) is 5.15. The molecular formula is C17H17FO2S. The Morgan fingerprint density at radius 3 is 2.76 bits per heavy atom. The number of hydrogen-bond acceptors (Lipinski definition) is 2. The van der Waals surface area contributed by atoms with Gasteiger partial charge in [0.05, 0.1) is 16.6 Å². The van der Waals surface area contributed by atoms with E-state index in [-0.39, 0.29) is 11.9 Å². The van der Waals surface area contributed by atoms with Crippen molar-refractivity contribution in [1.29, 1.82) is 0 Å². The second kappa shape index (κ2) is 5.98. The molecule has 1 heterocycles. The summed E-state index contributed by atoms with van der Waals surface area (Å²) < 4.78 is 31.4. The Bertz CT molecular complexity index is 667. The van der Waals surface area contributed by atoms with Gasteiger partial charge in [0.1, 0.15) is 17.7 Å². The molecule has 1 aliphatic rings. The molecule has 2 aromatic carbocycles. The van der Waals surface area contributed by atoms with E-state index >= 15 is 0 Å². The van der Waals surface area contributed by atoms with Gasteiger partial charge in [0.15, 0.2) is 0 Å². The van der Waals surface area contributed by atoms with Gasteiger partial charge in [0.2, 0.25) is 0 Å². The van der Waals surface area contributed by atoms with E-state index in [0.717, 1.165) is 28.9 Å². The van der Waals surface area contributed by atoms with Gasteiger partial charge in [-0.1, -0.05) is 17.7 Å². The Kier molecular flexibility index (Phi) is 4.06. The van der Waals surface area contributed by atoms with Crippen LogP contribution in [0.4, 0.5) is 4.39 Å². The molecule has 4 heteroatoms. The van der Waals surface area contributed by atoms with Gasteiger partial charge in [-0.05, 0) is 55.7 Å². The Hall–Kier alpha value is -1.68. The van der Waals surface area contributed by atoms with Crippen LogP contribution in [0.15, 0.2) is 47.4 Å². The lowest BCUT2D eigenvalue weighted by molar-refractivity contribution is 0.195. The number of benzene rings is 2. The molecular weight excluding hydrogens is 287 g/mol. The molecule has 0 bridgehead atoms. The number of rotatable bonds is 3. The molecule has 0 saturated heterocycles. The van der Waals surface area contributed by atoms with Crippen LogP contribution in [0, 0.1) is 12.7 Å². The van der Waals surface area contributed by atoms with E-state index in [2.05, 4.69) is 0 Å². The first kappa shape index (κ1) is 14.3. The van der Waals surface area contributed by atoms with Gasteiger partial charge < -0.3 is 4.74 Å². The van der Waals surface area contributed by atoms with E-state index in [1.54, 1.807) is 6.07 Å². The van der Waals surface area contributed by atoms with Crippen LogP contribution in [-0.4, -0.2) is 16.1 Å². The third kappa shape index (κ3) is 3.32. The van der Waals surface area contributed by atoms with Crippen LogP contribution in [0.2, 0.25) is 0 Å². The van der Waals surface area contributed by atoms with Crippen LogP contribution in [0.1, 0.15) is 17.5 Å². The zero-order valence-corrected chi connectivity index (χ0v) is 12.7. The second-order valence-electron chi connectivity index (χ2n) is 5.36. The predicted molar refractivity (Wildman–Crippen MR) is 81.6 cm³/mol. The topological polar surface area (TPSA) is 26.3 Å². The third-order valence-electron chi connectivity index (χ3n) is 3.67. The van der Waals surface area contributed by atoms with Gasteiger partial charge in [0, 0.05) is 4.90 Å². The Morgan fingerprint density at radius 1 is 1.24 bits per heavy atom. The summed E-state index contributed by atoms with van der Waals surface area (Å²) in [5.41, 5.74) is 2.05. The van der Waals surface area contributed by atoms with Crippen LogP contribution < -0.4 is 4.74 Å². The molecule has 3 rings (SSSR count). The number of hydrogen-bond donors (Lipinski definition) is 0. The van der Waals surface area contributed by atoms with Crippen LogP contribution in [-0.2, 0) is 17.2 Å². The molecule has 2 atom stereocenters. The molecule has 1 unspecified atom stereocenters. The molecule has 0 aliphatic carbocycles. The molecule has 0 radical (unpaired) electrons. The average Bonchev–Trinajstić information content (AvgIpc) is 2.48. The Balaban J connectivity index is 1.68. The minimum Gasteiger partial charge on any atom is -0.489 e. The molecule has 0 amide bonds. The van der Waals surface area contributed by atoms with Crippen molar-refractivity contribution in [3.63, 3.8) is 0 Å². The first-order valence-electron chi connectivity index (χ1n) is 7.02. The quantitative estimate of drug-likeness (QED) is 0.865. The highest BCUT2D eigenvalue weighted by molar-refractivity contribution is 7.85. The zero-order valence-electron chi connectivity index (χ0n) is 11.8. The number of fused-ring (bicyclic) bond motifs is 1. The van der Waals surface area contributed by atoms with Crippen molar-refractivity contribution in [3.8, 4) is 5.75 Å². The van der Waals surface area contributed by atoms with Crippen molar-refractivity contribution in [2.45, 2.75) is 30.8 Å². The van der Waals surface area contributed by atoms with E-state index < -0.39 is 10.8 Å². The maximum atomic E-state index is 13.2. The molecule has 0 aromatic heterocycles. The summed E-state index contributed by atoms with van der Waals surface area (Å²) in [5.74, 6) is 0.951. The SMILES string of the molecule is Cc1ccc(S(=O)C[C@@H]2CCc3cc(F)ccc3O2)cc1. The van der Waals surface area contributed by atoms with Crippen molar-refractivity contribution < 1.29 is 13.3 Å². The Labute approximate surface area is 126 Å². The number of aryl methyl sites for hydroxylation is 2. The number of ether oxygens (including phenoxy) is 1. The molecule has 0 N–H and O–H groups in total. The summed E-state index contributed by atoms with van der Waals surface area (Å²) in [6, 6.07) is 12.3. The fourth-order valence-electron chi connectivity index (χ4n) is 2.49. The standard InChI is InChI=1S/C17H17FO2S/c1-12-2-7-16(8-3-12)21(19)11-15-6-4-13-10-14(18)5-9-17(13)20-15/h2-3,5,7-10,15H,4,6,11H2,1H3/t15-,21?/m0/s1. The normalized spacial score (nSPS) is 18.7. The monoisotopic (exact) mass is 304 g/mol. The summed E-state index contributed by atoms with van der Waals surface area (Å²) >= 11 is 0. The van der Waals surface area contributed by atoms with Gasteiger partial charge in [-0.25, -0.2) is 4.39 Å². The van der Waals surface area contributed by atoms with Crippen molar-refractivity contribution in [1.82, 2.24) is 0 Å². The van der Waals surface area contributed by atoms with E-state index in [0.29, 0.717) is 11.5 Å². The van der Waals surface area contributed by atoms with Crippen LogP contribution in [0.5, 0.6) is 5.75 Å². The largest absolute Gasteiger partial charge is 0.489 e. The molecule has 21 heavy (non-hydrogen) atoms. The highest BCUT2D eigenvalue weighted by Gasteiger charge is 2.22. The molecule has 110 valence electrons. The summed E-state index contributed by atoms with van der Waals surface area (Å²) in [5, 5.41) is 0. The van der Waals surface area contributed by atoms with Crippen LogP contribution in [0.3, 0.4) is 0 Å².